The molecule has 4 heteroatoms. The summed E-state index contributed by atoms with van der Waals surface area (Å²) in [7, 11) is 0. The molecule has 3 unspecified atom stereocenters. The second-order valence-electron chi connectivity index (χ2n) is 4.91. The first-order chi connectivity index (χ1) is 8.09. The van der Waals surface area contributed by atoms with Gasteiger partial charge >= 0.3 is 0 Å². The predicted octanol–water partition coefficient (Wildman–Crippen LogP) is 2.17. The zero-order valence-electron chi connectivity index (χ0n) is 10.8. The molecule has 17 heavy (non-hydrogen) atoms. The fourth-order valence-corrected chi connectivity index (χ4v) is 3.60. The summed E-state index contributed by atoms with van der Waals surface area (Å²) >= 11 is 1.86. The maximum absolute atomic E-state index is 6.20. The van der Waals surface area contributed by atoms with Crippen LogP contribution in [0.1, 0.15) is 29.6 Å². The quantitative estimate of drug-likeness (QED) is 0.898. The second-order valence-corrected chi connectivity index (χ2v) is 6.23. The molecular formula is C13H22N2OS. The van der Waals surface area contributed by atoms with Crippen molar-refractivity contribution in [2.24, 2.45) is 5.73 Å². The van der Waals surface area contributed by atoms with E-state index in [1.165, 1.54) is 9.75 Å². The molecule has 0 spiro atoms. The second kappa shape index (κ2) is 5.48. The molecule has 1 aromatic rings. The minimum atomic E-state index is 0.147. The first-order valence-corrected chi connectivity index (χ1v) is 7.06. The van der Waals surface area contributed by atoms with Crippen LogP contribution in [-0.2, 0) is 4.74 Å². The number of rotatable bonds is 3. The molecule has 3 atom stereocenters. The fourth-order valence-electron chi connectivity index (χ4n) is 2.49. The molecule has 0 saturated carbocycles. The number of nitrogens with zero attached hydrogens (tertiary/aromatic N) is 1. The topological polar surface area (TPSA) is 38.5 Å². The van der Waals surface area contributed by atoms with Gasteiger partial charge in [-0.25, -0.2) is 0 Å². The lowest BCUT2D eigenvalue weighted by molar-refractivity contribution is -0.0261. The fraction of sp³-hybridized carbons (Fsp3) is 0.692. The van der Waals surface area contributed by atoms with Gasteiger partial charge in [-0.1, -0.05) is 0 Å². The number of hydrogen-bond donors (Lipinski definition) is 1. The summed E-state index contributed by atoms with van der Waals surface area (Å²) in [4.78, 5) is 5.22. The van der Waals surface area contributed by atoms with Crippen molar-refractivity contribution in [2.75, 3.05) is 19.8 Å². The summed E-state index contributed by atoms with van der Waals surface area (Å²) in [5.74, 6) is 0. The molecule has 0 radical (unpaired) electrons. The Morgan fingerprint density at radius 3 is 2.82 bits per heavy atom. The van der Waals surface area contributed by atoms with E-state index >= 15 is 0 Å². The Morgan fingerprint density at radius 1 is 1.53 bits per heavy atom. The lowest BCUT2D eigenvalue weighted by Crippen LogP contribution is -2.49. The Bertz CT molecular complexity index is 364. The Hall–Kier alpha value is -0.420. The third kappa shape index (κ3) is 2.88. The number of thiophene rings is 1. The van der Waals surface area contributed by atoms with Crippen LogP contribution in [0, 0.1) is 6.92 Å². The molecule has 1 aromatic heterocycles. The summed E-state index contributed by atoms with van der Waals surface area (Å²) < 4.78 is 5.50. The SMILES string of the molecule is Cc1ccc(C(C(C)N)N2CCOCC2C)s1. The van der Waals surface area contributed by atoms with Gasteiger partial charge in [0.25, 0.3) is 0 Å². The molecule has 1 aliphatic heterocycles. The molecule has 3 nitrogen and oxygen atoms in total. The van der Waals surface area contributed by atoms with Crippen molar-refractivity contribution < 1.29 is 4.74 Å². The van der Waals surface area contributed by atoms with Crippen molar-refractivity contribution in [3.63, 3.8) is 0 Å². The molecule has 0 aliphatic carbocycles. The first kappa shape index (κ1) is 13.0. The zero-order valence-corrected chi connectivity index (χ0v) is 11.7. The van der Waals surface area contributed by atoms with Crippen LogP contribution < -0.4 is 5.73 Å². The molecule has 96 valence electrons. The highest BCUT2D eigenvalue weighted by atomic mass is 32.1. The third-order valence-electron chi connectivity index (χ3n) is 3.33. The van der Waals surface area contributed by atoms with E-state index < -0.39 is 0 Å². The summed E-state index contributed by atoms with van der Waals surface area (Å²) in [6.45, 7) is 9.07. The van der Waals surface area contributed by atoms with Gasteiger partial charge in [-0.15, -0.1) is 11.3 Å². The van der Waals surface area contributed by atoms with Crippen molar-refractivity contribution in [3.05, 3.63) is 21.9 Å². The normalized spacial score (nSPS) is 25.8. The van der Waals surface area contributed by atoms with E-state index in [-0.39, 0.29) is 6.04 Å². The van der Waals surface area contributed by atoms with E-state index in [4.69, 9.17) is 10.5 Å². The Morgan fingerprint density at radius 2 is 2.29 bits per heavy atom. The van der Waals surface area contributed by atoms with Gasteiger partial charge in [0.2, 0.25) is 0 Å². The van der Waals surface area contributed by atoms with Crippen LogP contribution in [0.25, 0.3) is 0 Å². The number of nitrogens with two attached hydrogens (primary N) is 1. The van der Waals surface area contributed by atoms with Crippen molar-refractivity contribution in [1.29, 1.82) is 0 Å². The van der Waals surface area contributed by atoms with Crippen molar-refractivity contribution >= 4 is 11.3 Å². The van der Waals surface area contributed by atoms with Gasteiger partial charge in [0, 0.05) is 28.4 Å². The van der Waals surface area contributed by atoms with Gasteiger partial charge < -0.3 is 10.5 Å². The van der Waals surface area contributed by atoms with Gasteiger partial charge in [0.05, 0.1) is 19.3 Å². The first-order valence-electron chi connectivity index (χ1n) is 6.25. The monoisotopic (exact) mass is 254 g/mol. The Kier molecular flexibility index (Phi) is 4.20. The molecule has 2 rings (SSSR count). The minimum Gasteiger partial charge on any atom is -0.379 e. The number of ether oxygens (including phenoxy) is 1. The summed E-state index contributed by atoms with van der Waals surface area (Å²) in [6, 6.07) is 5.32. The van der Waals surface area contributed by atoms with E-state index in [9.17, 15) is 0 Å². The average molecular weight is 254 g/mol. The Balaban J connectivity index is 2.22. The van der Waals surface area contributed by atoms with Crippen LogP contribution in [-0.4, -0.2) is 36.7 Å². The predicted molar refractivity (Wildman–Crippen MR) is 72.4 cm³/mol. The Labute approximate surface area is 108 Å². The van der Waals surface area contributed by atoms with Crippen LogP contribution in [0.5, 0.6) is 0 Å². The lowest BCUT2D eigenvalue weighted by atomic mass is 10.0. The number of morpholine rings is 1. The van der Waals surface area contributed by atoms with E-state index in [1.54, 1.807) is 0 Å². The van der Waals surface area contributed by atoms with E-state index in [1.807, 2.05) is 11.3 Å². The molecule has 1 aliphatic rings. The van der Waals surface area contributed by atoms with Crippen LogP contribution >= 0.6 is 11.3 Å². The maximum Gasteiger partial charge on any atom is 0.0620 e. The summed E-state index contributed by atoms with van der Waals surface area (Å²) in [5, 5.41) is 0. The van der Waals surface area contributed by atoms with Crippen LogP contribution in [0.4, 0.5) is 0 Å². The molecule has 2 N–H and O–H groups in total. The molecule has 2 heterocycles. The van der Waals surface area contributed by atoms with Gasteiger partial charge in [-0.05, 0) is 32.9 Å². The van der Waals surface area contributed by atoms with Gasteiger partial charge in [0.15, 0.2) is 0 Å². The van der Waals surface area contributed by atoms with Gasteiger partial charge in [-0.2, -0.15) is 0 Å². The van der Waals surface area contributed by atoms with E-state index in [0.29, 0.717) is 12.1 Å². The maximum atomic E-state index is 6.20. The van der Waals surface area contributed by atoms with Crippen LogP contribution in [0.15, 0.2) is 12.1 Å². The standard InChI is InChI=1S/C13H22N2OS/c1-9-8-16-7-6-15(9)13(11(3)14)12-5-4-10(2)17-12/h4-5,9,11,13H,6-8,14H2,1-3H3. The van der Waals surface area contributed by atoms with Crippen molar-refractivity contribution in [1.82, 2.24) is 4.90 Å². The molecule has 0 bridgehead atoms. The van der Waals surface area contributed by atoms with E-state index in [0.717, 1.165) is 19.8 Å². The van der Waals surface area contributed by atoms with E-state index in [2.05, 4.69) is 37.8 Å². The highest BCUT2D eigenvalue weighted by Crippen LogP contribution is 2.31. The minimum absolute atomic E-state index is 0.147. The highest BCUT2D eigenvalue weighted by molar-refractivity contribution is 7.12. The van der Waals surface area contributed by atoms with Gasteiger partial charge in [0.1, 0.15) is 0 Å². The summed E-state index contributed by atoms with van der Waals surface area (Å²) in [6.07, 6.45) is 0. The summed E-state index contributed by atoms with van der Waals surface area (Å²) in [5.41, 5.74) is 6.20. The lowest BCUT2D eigenvalue weighted by Gasteiger charge is -2.40. The number of hydrogen-bond acceptors (Lipinski definition) is 4. The largest absolute Gasteiger partial charge is 0.379 e. The number of aryl methyl sites for hydroxylation is 1. The van der Waals surface area contributed by atoms with Gasteiger partial charge in [-0.3, -0.25) is 4.90 Å². The van der Waals surface area contributed by atoms with Crippen molar-refractivity contribution in [2.45, 2.75) is 38.9 Å². The zero-order chi connectivity index (χ0) is 12.4. The highest BCUT2D eigenvalue weighted by Gasteiger charge is 2.30. The third-order valence-corrected chi connectivity index (χ3v) is 4.40. The molecule has 0 aromatic carbocycles. The van der Waals surface area contributed by atoms with Crippen LogP contribution in [0.3, 0.4) is 0 Å². The molecule has 0 amide bonds. The molecule has 1 fully saturated rings. The smallest absolute Gasteiger partial charge is 0.0620 e. The van der Waals surface area contributed by atoms with Crippen LogP contribution in [0.2, 0.25) is 0 Å². The molecular weight excluding hydrogens is 232 g/mol. The molecule has 1 saturated heterocycles. The van der Waals surface area contributed by atoms with Crippen molar-refractivity contribution in [3.8, 4) is 0 Å². The average Bonchev–Trinajstić information content (AvgIpc) is 2.68.